The number of nitrogens with two attached hydrogens (primary N) is 1. The van der Waals surface area contributed by atoms with E-state index in [1.807, 2.05) is 0 Å². The number of benzene rings is 1. The molecule has 0 aliphatic heterocycles. The lowest BCUT2D eigenvalue weighted by molar-refractivity contribution is -0.184. The Balaban J connectivity index is 1.93. The Bertz CT molecular complexity index is 522. The summed E-state index contributed by atoms with van der Waals surface area (Å²) in [5, 5.41) is 2.55. The van der Waals surface area contributed by atoms with E-state index >= 15 is 0 Å². The van der Waals surface area contributed by atoms with Crippen LogP contribution in [0.25, 0.3) is 0 Å². The predicted octanol–water partition coefficient (Wildman–Crippen LogP) is 3.72. The molecular formula is C14H16F4N2O. The van der Waals surface area contributed by atoms with Crippen molar-refractivity contribution in [3.63, 3.8) is 0 Å². The Morgan fingerprint density at radius 1 is 1.19 bits per heavy atom. The standard InChI is InChI=1S/C14H16F4N2O/c15-10-5-6-12(11(19)7-10)20-13(21)8-1-3-9(4-2-8)14(16,17)18/h5-9H,1-4,19H2,(H,20,21). The lowest BCUT2D eigenvalue weighted by Crippen LogP contribution is -2.32. The average molecular weight is 304 g/mol. The van der Waals surface area contributed by atoms with Crippen molar-refractivity contribution in [2.45, 2.75) is 31.9 Å². The van der Waals surface area contributed by atoms with Crippen molar-refractivity contribution >= 4 is 17.3 Å². The Morgan fingerprint density at radius 3 is 2.33 bits per heavy atom. The molecule has 0 bridgehead atoms. The molecule has 3 nitrogen and oxygen atoms in total. The van der Waals surface area contributed by atoms with Gasteiger partial charge in [0.1, 0.15) is 5.82 Å². The molecule has 1 aromatic carbocycles. The highest BCUT2D eigenvalue weighted by Gasteiger charge is 2.42. The second-order valence-electron chi connectivity index (χ2n) is 5.31. The number of amides is 1. The molecule has 1 aliphatic rings. The molecule has 0 heterocycles. The fourth-order valence-corrected chi connectivity index (χ4v) is 2.57. The molecule has 1 aliphatic carbocycles. The van der Waals surface area contributed by atoms with Crippen molar-refractivity contribution in [1.82, 2.24) is 0 Å². The summed E-state index contributed by atoms with van der Waals surface area (Å²) >= 11 is 0. The van der Waals surface area contributed by atoms with E-state index in [4.69, 9.17) is 5.73 Å². The first-order valence-electron chi connectivity index (χ1n) is 6.70. The van der Waals surface area contributed by atoms with Crippen LogP contribution in [0.15, 0.2) is 18.2 Å². The summed E-state index contributed by atoms with van der Waals surface area (Å²) in [5.74, 6) is -2.67. The van der Waals surface area contributed by atoms with Crippen LogP contribution < -0.4 is 11.1 Å². The zero-order valence-corrected chi connectivity index (χ0v) is 11.2. The highest BCUT2D eigenvalue weighted by molar-refractivity contribution is 5.95. The van der Waals surface area contributed by atoms with Crippen LogP contribution in [0.4, 0.5) is 28.9 Å². The van der Waals surface area contributed by atoms with Gasteiger partial charge in [-0.1, -0.05) is 0 Å². The molecular weight excluding hydrogens is 288 g/mol. The molecule has 1 saturated carbocycles. The molecule has 0 aromatic heterocycles. The van der Waals surface area contributed by atoms with Crippen molar-refractivity contribution in [2.24, 2.45) is 11.8 Å². The van der Waals surface area contributed by atoms with E-state index in [0.29, 0.717) is 0 Å². The number of carbonyl (C=O) groups excluding carboxylic acids is 1. The summed E-state index contributed by atoms with van der Waals surface area (Å²) in [6.45, 7) is 0. The smallest absolute Gasteiger partial charge is 0.391 e. The van der Waals surface area contributed by atoms with Crippen LogP contribution in [0, 0.1) is 17.7 Å². The molecule has 0 unspecified atom stereocenters. The van der Waals surface area contributed by atoms with Gasteiger partial charge < -0.3 is 11.1 Å². The van der Waals surface area contributed by atoms with Gasteiger partial charge in [0, 0.05) is 5.92 Å². The fraction of sp³-hybridized carbons (Fsp3) is 0.500. The van der Waals surface area contributed by atoms with Gasteiger partial charge in [-0.2, -0.15) is 13.2 Å². The van der Waals surface area contributed by atoms with Crippen molar-refractivity contribution < 1.29 is 22.4 Å². The summed E-state index contributed by atoms with van der Waals surface area (Å²) in [4.78, 5) is 12.0. The van der Waals surface area contributed by atoms with Crippen molar-refractivity contribution in [3.05, 3.63) is 24.0 Å². The average Bonchev–Trinajstić information content (AvgIpc) is 2.41. The zero-order chi connectivity index (χ0) is 15.6. The maximum atomic E-state index is 12.9. The normalized spacial score (nSPS) is 22.9. The van der Waals surface area contributed by atoms with E-state index in [9.17, 15) is 22.4 Å². The summed E-state index contributed by atoms with van der Waals surface area (Å²) in [6.07, 6.45) is -3.89. The number of anilines is 2. The minimum atomic E-state index is -4.19. The van der Waals surface area contributed by atoms with Gasteiger partial charge in [0.25, 0.3) is 0 Å². The molecule has 3 N–H and O–H groups in total. The van der Waals surface area contributed by atoms with E-state index in [1.165, 1.54) is 6.07 Å². The first-order chi connectivity index (χ1) is 9.77. The van der Waals surface area contributed by atoms with Gasteiger partial charge in [-0.3, -0.25) is 4.79 Å². The third kappa shape index (κ3) is 3.86. The van der Waals surface area contributed by atoms with Crippen molar-refractivity contribution in [3.8, 4) is 0 Å². The maximum Gasteiger partial charge on any atom is 0.391 e. The molecule has 0 saturated heterocycles. The van der Waals surface area contributed by atoms with Crippen LogP contribution in [0.1, 0.15) is 25.7 Å². The number of carbonyl (C=O) groups is 1. The second-order valence-corrected chi connectivity index (χ2v) is 5.31. The molecule has 116 valence electrons. The van der Waals surface area contributed by atoms with Gasteiger partial charge in [0.05, 0.1) is 17.3 Å². The molecule has 1 aromatic rings. The fourth-order valence-electron chi connectivity index (χ4n) is 2.57. The van der Waals surface area contributed by atoms with Crippen LogP contribution in [0.3, 0.4) is 0 Å². The quantitative estimate of drug-likeness (QED) is 0.646. The summed E-state index contributed by atoms with van der Waals surface area (Å²) in [5.41, 5.74) is 5.94. The second kappa shape index (κ2) is 5.91. The molecule has 2 rings (SSSR count). The molecule has 0 spiro atoms. The van der Waals surface area contributed by atoms with Gasteiger partial charge in [0.15, 0.2) is 0 Å². The Morgan fingerprint density at radius 2 is 1.81 bits per heavy atom. The highest BCUT2D eigenvalue weighted by Crippen LogP contribution is 2.39. The van der Waals surface area contributed by atoms with E-state index in [1.54, 1.807) is 0 Å². The lowest BCUT2D eigenvalue weighted by Gasteiger charge is -2.29. The number of hydrogen-bond acceptors (Lipinski definition) is 2. The molecule has 0 radical (unpaired) electrons. The number of rotatable bonds is 2. The first kappa shape index (κ1) is 15.6. The Kier molecular flexibility index (Phi) is 4.39. The molecule has 1 amide bonds. The van der Waals surface area contributed by atoms with E-state index in [2.05, 4.69) is 5.32 Å². The van der Waals surface area contributed by atoms with Crippen LogP contribution in [0.5, 0.6) is 0 Å². The number of hydrogen-bond donors (Lipinski definition) is 2. The molecule has 21 heavy (non-hydrogen) atoms. The predicted molar refractivity (Wildman–Crippen MR) is 70.9 cm³/mol. The third-order valence-electron chi connectivity index (χ3n) is 3.83. The molecule has 0 atom stereocenters. The van der Waals surface area contributed by atoms with E-state index < -0.39 is 23.8 Å². The Labute approximate surface area is 119 Å². The van der Waals surface area contributed by atoms with Crippen LogP contribution in [-0.2, 0) is 4.79 Å². The number of halogens is 4. The Hall–Kier alpha value is -1.79. The zero-order valence-electron chi connectivity index (χ0n) is 11.2. The van der Waals surface area contributed by atoms with E-state index in [-0.39, 0.29) is 43.0 Å². The minimum Gasteiger partial charge on any atom is -0.397 e. The van der Waals surface area contributed by atoms with Gasteiger partial charge in [-0.25, -0.2) is 4.39 Å². The SMILES string of the molecule is Nc1cc(F)ccc1NC(=O)C1CCC(C(F)(F)F)CC1. The maximum absolute atomic E-state index is 12.9. The number of nitrogen functional groups attached to an aromatic ring is 1. The number of alkyl halides is 3. The molecule has 1 fully saturated rings. The van der Waals surface area contributed by atoms with Gasteiger partial charge in [-0.15, -0.1) is 0 Å². The topological polar surface area (TPSA) is 55.1 Å². The van der Waals surface area contributed by atoms with Crippen molar-refractivity contribution in [1.29, 1.82) is 0 Å². The van der Waals surface area contributed by atoms with Gasteiger partial charge >= 0.3 is 6.18 Å². The molecule has 7 heteroatoms. The monoisotopic (exact) mass is 304 g/mol. The van der Waals surface area contributed by atoms with Gasteiger partial charge in [0.2, 0.25) is 5.91 Å². The third-order valence-corrected chi connectivity index (χ3v) is 3.83. The van der Waals surface area contributed by atoms with Crippen LogP contribution in [-0.4, -0.2) is 12.1 Å². The van der Waals surface area contributed by atoms with E-state index in [0.717, 1.165) is 12.1 Å². The number of nitrogens with one attached hydrogen (secondary N) is 1. The van der Waals surface area contributed by atoms with Crippen LogP contribution >= 0.6 is 0 Å². The summed E-state index contributed by atoms with van der Waals surface area (Å²) in [7, 11) is 0. The highest BCUT2D eigenvalue weighted by atomic mass is 19.4. The summed E-state index contributed by atoms with van der Waals surface area (Å²) in [6, 6.07) is 3.58. The minimum absolute atomic E-state index is 0.0412. The largest absolute Gasteiger partial charge is 0.397 e. The summed E-state index contributed by atoms with van der Waals surface area (Å²) < 4.78 is 50.6. The van der Waals surface area contributed by atoms with Crippen molar-refractivity contribution in [2.75, 3.05) is 11.1 Å². The van der Waals surface area contributed by atoms with Gasteiger partial charge in [-0.05, 0) is 43.9 Å². The lowest BCUT2D eigenvalue weighted by atomic mass is 9.81. The van der Waals surface area contributed by atoms with Crippen LogP contribution in [0.2, 0.25) is 0 Å². The first-order valence-corrected chi connectivity index (χ1v) is 6.70.